The SMILES string of the molecule is CCCNC(CCOCC(F)(F)F)C1CCCCC1CC. The average Bonchev–Trinajstić information content (AvgIpc) is 2.45. The molecule has 1 N–H and O–H groups in total. The lowest BCUT2D eigenvalue weighted by Crippen LogP contribution is -2.42. The molecule has 1 aliphatic rings. The van der Waals surface area contributed by atoms with Gasteiger partial charge in [-0.1, -0.05) is 39.5 Å². The number of nitrogens with one attached hydrogen (secondary N) is 1. The van der Waals surface area contributed by atoms with Gasteiger partial charge in [-0.3, -0.25) is 0 Å². The highest BCUT2D eigenvalue weighted by molar-refractivity contribution is 4.84. The fourth-order valence-electron chi connectivity index (χ4n) is 3.47. The van der Waals surface area contributed by atoms with Crippen LogP contribution in [0.4, 0.5) is 13.2 Å². The van der Waals surface area contributed by atoms with Crippen LogP contribution in [0.1, 0.15) is 58.8 Å². The Balaban J connectivity index is 2.45. The van der Waals surface area contributed by atoms with E-state index in [4.69, 9.17) is 4.74 Å². The van der Waals surface area contributed by atoms with E-state index in [1.807, 2.05) is 0 Å². The smallest absolute Gasteiger partial charge is 0.372 e. The normalized spacial score (nSPS) is 25.0. The van der Waals surface area contributed by atoms with Crippen molar-refractivity contribution in [2.45, 2.75) is 71.0 Å². The lowest BCUT2D eigenvalue weighted by molar-refractivity contribution is -0.174. The van der Waals surface area contributed by atoms with Crippen LogP contribution in [-0.4, -0.2) is 32.0 Å². The fraction of sp³-hybridized carbons (Fsp3) is 1.00. The Morgan fingerprint density at radius 3 is 2.52 bits per heavy atom. The number of rotatable bonds is 9. The Kier molecular flexibility index (Phi) is 8.64. The minimum Gasteiger partial charge on any atom is -0.372 e. The summed E-state index contributed by atoms with van der Waals surface area (Å²) in [6.07, 6.45) is 3.66. The molecular formula is C16H30F3NO. The molecule has 0 spiro atoms. The third kappa shape index (κ3) is 7.50. The van der Waals surface area contributed by atoms with E-state index in [1.165, 1.54) is 32.1 Å². The molecule has 1 rings (SSSR count). The molecule has 0 aromatic heterocycles. The first-order valence-corrected chi connectivity index (χ1v) is 8.35. The van der Waals surface area contributed by atoms with E-state index in [0.29, 0.717) is 24.3 Å². The van der Waals surface area contributed by atoms with Crippen LogP contribution in [0.2, 0.25) is 0 Å². The predicted molar refractivity (Wildman–Crippen MR) is 79.3 cm³/mol. The van der Waals surface area contributed by atoms with Gasteiger partial charge < -0.3 is 10.1 Å². The summed E-state index contributed by atoms with van der Waals surface area (Å²) in [7, 11) is 0. The molecular weight excluding hydrogens is 279 g/mol. The summed E-state index contributed by atoms with van der Waals surface area (Å²) in [6, 6.07) is 0.295. The molecule has 0 heterocycles. The summed E-state index contributed by atoms with van der Waals surface area (Å²) < 4.78 is 41.1. The first kappa shape index (κ1) is 18.8. The van der Waals surface area contributed by atoms with E-state index in [1.54, 1.807) is 0 Å². The fourth-order valence-corrected chi connectivity index (χ4v) is 3.47. The van der Waals surface area contributed by atoms with Gasteiger partial charge in [0.2, 0.25) is 0 Å². The first-order valence-electron chi connectivity index (χ1n) is 8.35. The molecule has 0 saturated heterocycles. The van der Waals surface area contributed by atoms with Crippen molar-refractivity contribution in [1.82, 2.24) is 5.32 Å². The van der Waals surface area contributed by atoms with Gasteiger partial charge in [0, 0.05) is 12.6 Å². The Labute approximate surface area is 126 Å². The van der Waals surface area contributed by atoms with Crippen molar-refractivity contribution in [2.24, 2.45) is 11.8 Å². The van der Waals surface area contributed by atoms with E-state index in [2.05, 4.69) is 19.2 Å². The van der Waals surface area contributed by atoms with Crippen molar-refractivity contribution in [3.63, 3.8) is 0 Å². The minimum atomic E-state index is -4.22. The van der Waals surface area contributed by atoms with Crippen molar-refractivity contribution in [3.8, 4) is 0 Å². The third-order valence-corrected chi connectivity index (χ3v) is 4.50. The quantitative estimate of drug-likeness (QED) is 0.631. The zero-order valence-corrected chi connectivity index (χ0v) is 13.3. The molecule has 1 aliphatic carbocycles. The van der Waals surface area contributed by atoms with Crippen molar-refractivity contribution >= 4 is 0 Å². The molecule has 126 valence electrons. The monoisotopic (exact) mass is 309 g/mol. The average molecular weight is 309 g/mol. The van der Waals surface area contributed by atoms with Gasteiger partial charge in [-0.25, -0.2) is 0 Å². The molecule has 1 saturated carbocycles. The topological polar surface area (TPSA) is 21.3 Å². The van der Waals surface area contributed by atoms with Crippen molar-refractivity contribution < 1.29 is 17.9 Å². The summed E-state index contributed by atoms with van der Waals surface area (Å²) >= 11 is 0. The summed E-state index contributed by atoms with van der Waals surface area (Å²) in [6.45, 7) is 4.32. The molecule has 21 heavy (non-hydrogen) atoms. The Morgan fingerprint density at radius 1 is 1.19 bits per heavy atom. The van der Waals surface area contributed by atoms with Crippen molar-refractivity contribution in [3.05, 3.63) is 0 Å². The highest BCUT2D eigenvalue weighted by Crippen LogP contribution is 2.35. The Bertz CT molecular complexity index is 271. The summed E-state index contributed by atoms with van der Waals surface area (Å²) in [5.41, 5.74) is 0. The maximum Gasteiger partial charge on any atom is 0.411 e. The van der Waals surface area contributed by atoms with E-state index in [9.17, 15) is 13.2 Å². The van der Waals surface area contributed by atoms with Crippen LogP contribution in [0.5, 0.6) is 0 Å². The number of hydrogen-bond donors (Lipinski definition) is 1. The predicted octanol–water partition coefficient (Wildman–Crippen LogP) is 4.54. The number of alkyl halides is 3. The molecule has 0 aromatic carbocycles. The van der Waals surface area contributed by atoms with Crippen molar-refractivity contribution in [2.75, 3.05) is 19.8 Å². The summed E-state index contributed by atoms with van der Waals surface area (Å²) in [4.78, 5) is 0. The molecule has 5 heteroatoms. The second kappa shape index (κ2) is 9.67. The molecule has 0 radical (unpaired) electrons. The van der Waals surface area contributed by atoms with Crippen LogP contribution in [-0.2, 0) is 4.74 Å². The molecule has 3 atom stereocenters. The largest absolute Gasteiger partial charge is 0.411 e. The number of ether oxygens (including phenoxy) is 1. The van der Waals surface area contributed by atoms with E-state index < -0.39 is 12.8 Å². The van der Waals surface area contributed by atoms with E-state index in [-0.39, 0.29) is 6.61 Å². The molecule has 3 unspecified atom stereocenters. The maximum absolute atomic E-state index is 12.1. The maximum atomic E-state index is 12.1. The van der Waals surface area contributed by atoms with Crippen LogP contribution in [0.3, 0.4) is 0 Å². The molecule has 2 nitrogen and oxygen atoms in total. The summed E-state index contributed by atoms with van der Waals surface area (Å²) in [5, 5.41) is 3.54. The summed E-state index contributed by atoms with van der Waals surface area (Å²) in [5.74, 6) is 1.29. The van der Waals surface area contributed by atoms with E-state index in [0.717, 1.165) is 13.0 Å². The lowest BCUT2D eigenvalue weighted by Gasteiger charge is -2.37. The molecule has 0 aromatic rings. The van der Waals surface area contributed by atoms with Crippen LogP contribution in [0.15, 0.2) is 0 Å². The van der Waals surface area contributed by atoms with Gasteiger partial charge in [-0.15, -0.1) is 0 Å². The van der Waals surface area contributed by atoms with Gasteiger partial charge in [0.25, 0.3) is 0 Å². The minimum absolute atomic E-state index is 0.188. The zero-order valence-electron chi connectivity index (χ0n) is 13.3. The van der Waals surface area contributed by atoms with Crippen LogP contribution in [0, 0.1) is 11.8 Å². The second-order valence-electron chi connectivity index (χ2n) is 6.13. The Morgan fingerprint density at radius 2 is 1.90 bits per heavy atom. The second-order valence-corrected chi connectivity index (χ2v) is 6.13. The van der Waals surface area contributed by atoms with Crippen LogP contribution >= 0.6 is 0 Å². The van der Waals surface area contributed by atoms with Crippen LogP contribution in [0.25, 0.3) is 0 Å². The molecule has 0 amide bonds. The van der Waals surface area contributed by atoms with Gasteiger partial charge in [-0.05, 0) is 37.6 Å². The molecule has 0 bridgehead atoms. The van der Waals surface area contributed by atoms with Gasteiger partial charge in [0.1, 0.15) is 6.61 Å². The van der Waals surface area contributed by atoms with Gasteiger partial charge >= 0.3 is 6.18 Å². The standard InChI is InChI=1S/C16H30F3NO/c1-3-10-20-15(9-11-21-12-16(17,18)19)14-8-6-5-7-13(14)4-2/h13-15,20H,3-12H2,1-2H3. The van der Waals surface area contributed by atoms with Gasteiger partial charge in [0.15, 0.2) is 0 Å². The zero-order chi connectivity index (χ0) is 15.7. The number of hydrogen-bond acceptors (Lipinski definition) is 2. The molecule has 1 fully saturated rings. The highest BCUT2D eigenvalue weighted by Gasteiger charge is 2.31. The van der Waals surface area contributed by atoms with Gasteiger partial charge in [-0.2, -0.15) is 13.2 Å². The number of halogens is 3. The van der Waals surface area contributed by atoms with E-state index >= 15 is 0 Å². The molecule has 0 aliphatic heterocycles. The third-order valence-electron chi connectivity index (χ3n) is 4.50. The lowest BCUT2D eigenvalue weighted by atomic mass is 9.73. The van der Waals surface area contributed by atoms with Crippen LogP contribution < -0.4 is 5.32 Å². The Hall–Kier alpha value is -0.290. The van der Waals surface area contributed by atoms with Crippen molar-refractivity contribution in [1.29, 1.82) is 0 Å². The first-order chi connectivity index (χ1) is 9.98. The highest BCUT2D eigenvalue weighted by atomic mass is 19.4. The van der Waals surface area contributed by atoms with Gasteiger partial charge in [0.05, 0.1) is 0 Å².